The Morgan fingerprint density at radius 2 is 2.07 bits per heavy atom. The lowest BCUT2D eigenvalue weighted by Crippen LogP contribution is -2.41. The lowest BCUT2D eigenvalue weighted by Gasteiger charge is -2.26. The number of carbonyl (C=O) groups excluding carboxylic acids is 1. The molecule has 2 aromatic heterocycles. The number of ether oxygens (including phenoxy) is 1. The molecule has 1 aliphatic rings. The van der Waals surface area contributed by atoms with E-state index in [1.54, 1.807) is 36.5 Å². The molecule has 1 fully saturated rings. The van der Waals surface area contributed by atoms with E-state index >= 15 is 0 Å². The Labute approximate surface area is 161 Å². The van der Waals surface area contributed by atoms with Gasteiger partial charge in [0.2, 0.25) is 5.89 Å². The lowest BCUT2D eigenvalue weighted by atomic mass is 10.2. The van der Waals surface area contributed by atoms with E-state index in [1.165, 1.54) is 0 Å². The van der Waals surface area contributed by atoms with Crippen molar-refractivity contribution in [2.75, 3.05) is 39.4 Å². The highest BCUT2D eigenvalue weighted by atomic mass is 35.5. The van der Waals surface area contributed by atoms with Crippen molar-refractivity contribution >= 4 is 28.6 Å². The number of benzene rings is 1. The molecule has 8 heteroatoms. The van der Waals surface area contributed by atoms with Crippen LogP contribution in [0.3, 0.4) is 0 Å². The number of nitrogens with zero attached hydrogens (tertiary/aromatic N) is 3. The van der Waals surface area contributed by atoms with Crippen molar-refractivity contribution < 1.29 is 13.9 Å². The Morgan fingerprint density at radius 1 is 1.22 bits per heavy atom. The SMILES string of the molecule is O=C(NCCN1CCOCC1)c1ccc2nc(-c3ccnc(Cl)c3)oc2c1. The molecule has 7 nitrogen and oxygen atoms in total. The molecule has 27 heavy (non-hydrogen) atoms. The van der Waals surface area contributed by atoms with Crippen molar-refractivity contribution in [3.8, 4) is 11.5 Å². The number of aromatic nitrogens is 2. The number of carbonyl (C=O) groups is 1. The van der Waals surface area contributed by atoms with Crippen LogP contribution in [-0.4, -0.2) is 60.2 Å². The summed E-state index contributed by atoms with van der Waals surface area (Å²) in [6.07, 6.45) is 1.60. The molecule has 4 rings (SSSR count). The van der Waals surface area contributed by atoms with Crippen LogP contribution in [0.1, 0.15) is 10.4 Å². The van der Waals surface area contributed by atoms with Gasteiger partial charge in [-0.2, -0.15) is 0 Å². The summed E-state index contributed by atoms with van der Waals surface area (Å²) in [6, 6.07) is 8.69. The number of pyridine rings is 1. The molecular weight excluding hydrogens is 368 g/mol. The second kappa shape index (κ2) is 8.04. The smallest absolute Gasteiger partial charge is 0.251 e. The number of hydrogen-bond donors (Lipinski definition) is 1. The molecule has 0 radical (unpaired) electrons. The van der Waals surface area contributed by atoms with Gasteiger partial charge in [0.1, 0.15) is 10.7 Å². The molecule has 3 aromatic rings. The van der Waals surface area contributed by atoms with Gasteiger partial charge in [-0.05, 0) is 30.3 Å². The summed E-state index contributed by atoms with van der Waals surface area (Å²) in [5.41, 5.74) is 2.52. The fraction of sp³-hybridized carbons (Fsp3) is 0.316. The highest BCUT2D eigenvalue weighted by Gasteiger charge is 2.14. The molecule has 0 bridgehead atoms. The summed E-state index contributed by atoms with van der Waals surface area (Å²) in [7, 11) is 0. The van der Waals surface area contributed by atoms with Crippen molar-refractivity contribution in [1.29, 1.82) is 0 Å². The normalized spacial score (nSPS) is 15.1. The summed E-state index contributed by atoms with van der Waals surface area (Å²) in [4.78, 5) is 23.1. The number of morpholine rings is 1. The van der Waals surface area contributed by atoms with Gasteiger partial charge in [-0.3, -0.25) is 9.69 Å². The fourth-order valence-corrected chi connectivity index (χ4v) is 3.15. The summed E-state index contributed by atoms with van der Waals surface area (Å²) >= 11 is 5.92. The quantitative estimate of drug-likeness (QED) is 0.679. The molecule has 1 amide bonds. The topological polar surface area (TPSA) is 80.5 Å². The number of oxazole rings is 1. The van der Waals surface area contributed by atoms with Crippen LogP contribution in [0, 0.1) is 0 Å². The predicted octanol–water partition coefficient (Wildman–Crippen LogP) is 2.61. The lowest BCUT2D eigenvalue weighted by molar-refractivity contribution is 0.0383. The minimum atomic E-state index is -0.130. The third kappa shape index (κ3) is 4.27. The van der Waals surface area contributed by atoms with Gasteiger partial charge in [0.05, 0.1) is 13.2 Å². The van der Waals surface area contributed by atoms with Crippen LogP contribution in [-0.2, 0) is 4.74 Å². The summed E-state index contributed by atoms with van der Waals surface area (Å²) < 4.78 is 11.1. The molecule has 0 saturated carbocycles. The number of fused-ring (bicyclic) bond motifs is 1. The Morgan fingerprint density at radius 3 is 2.89 bits per heavy atom. The molecule has 0 atom stereocenters. The Hall–Kier alpha value is -2.48. The van der Waals surface area contributed by atoms with Crippen molar-refractivity contribution in [1.82, 2.24) is 20.2 Å². The Kier molecular flexibility index (Phi) is 5.33. The van der Waals surface area contributed by atoms with Crippen LogP contribution < -0.4 is 5.32 Å². The molecule has 3 heterocycles. The zero-order valence-corrected chi connectivity index (χ0v) is 15.4. The van der Waals surface area contributed by atoms with E-state index in [0.717, 1.165) is 38.4 Å². The van der Waals surface area contributed by atoms with Crippen molar-refractivity contribution in [2.24, 2.45) is 0 Å². The highest BCUT2D eigenvalue weighted by molar-refractivity contribution is 6.29. The zero-order chi connectivity index (χ0) is 18.6. The first kappa shape index (κ1) is 17.9. The number of hydrogen-bond acceptors (Lipinski definition) is 6. The molecule has 0 aliphatic carbocycles. The first-order valence-electron chi connectivity index (χ1n) is 8.80. The zero-order valence-electron chi connectivity index (χ0n) is 14.7. The van der Waals surface area contributed by atoms with Gasteiger partial charge in [0.25, 0.3) is 5.91 Å². The predicted molar refractivity (Wildman–Crippen MR) is 102 cm³/mol. The second-order valence-corrected chi connectivity index (χ2v) is 6.67. The summed E-state index contributed by atoms with van der Waals surface area (Å²) in [5.74, 6) is 0.314. The maximum absolute atomic E-state index is 12.4. The third-order valence-electron chi connectivity index (χ3n) is 4.44. The van der Waals surface area contributed by atoms with Gasteiger partial charge in [-0.25, -0.2) is 9.97 Å². The molecular formula is C19H19ClN4O3. The van der Waals surface area contributed by atoms with E-state index in [2.05, 4.69) is 20.2 Å². The Balaban J connectivity index is 1.43. The monoisotopic (exact) mass is 386 g/mol. The number of halogens is 1. The summed E-state index contributed by atoms with van der Waals surface area (Å²) in [6.45, 7) is 4.71. The van der Waals surface area contributed by atoms with Crippen LogP contribution in [0.5, 0.6) is 0 Å². The molecule has 0 spiro atoms. The van der Waals surface area contributed by atoms with E-state index in [4.69, 9.17) is 20.8 Å². The number of amides is 1. The van der Waals surface area contributed by atoms with Crippen molar-refractivity contribution in [3.05, 3.63) is 47.2 Å². The van der Waals surface area contributed by atoms with Gasteiger partial charge in [-0.1, -0.05) is 11.6 Å². The van der Waals surface area contributed by atoms with Gasteiger partial charge in [0.15, 0.2) is 5.58 Å². The van der Waals surface area contributed by atoms with Gasteiger partial charge >= 0.3 is 0 Å². The van der Waals surface area contributed by atoms with Gasteiger partial charge in [0, 0.05) is 43.5 Å². The average molecular weight is 387 g/mol. The fourth-order valence-electron chi connectivity index (χ4n) is 2.98. The van der Waals surface area contributed by atoms with Crippen LogP contribution in [0.15, 0.2) is 40.9 Å². The van der Waals surface area contributed by atoms with E-state index in [-0.39, 0.29) is 5.91 Å². The molecule has 1 saturated heterocycles. The average Bonchev–Trinajstić information content (AvgIpc) is 3.12. The van der Waals surface area contributed by atoms with Crippen molar-refractivity contribution in [2.45, 2.75) is 0 Å². The second-order valence-electron chi connectivity index (χ2n) is 6.28. The maximum atomic E-state index is 12.4. The van der Waals surface area contributed by atoms with Crippen molar-refractivity contribution in [3.63, 3.8) is 0 Å². The van der Waals surface area contributed by atoms with E-state index in [1.807, 2.05) is 0 Å². The Bertz CT molecular complexity index is 953. The maximum Gasteiger partial charge on any atom is 0.251 e. The highest BCUT2D eigenvalue weighted by Crippen LogP contribution is 2.26. The third-order valence-corrected chi connectivity index (χ3v) is 4.65. The number of nitrogens with one attached hydrogen (secondary N) is 1. The van der Waals surface area contributed by atoms with Gasteiger partial charge in [-0.15, -0.1) is 0 Å². The molecule has 1 aromatic carbocycles. The van der Waals surface area contributed by atoms with Crippen LogP contribution in [0.2, 0.25) is 5.15 Å². The molecule has 1 N–H and O–H groups in total. The summed E-state index contributed by atoms with van der Waals surface area (Å²) in [5, 5.41) is 3.32. The minimum Gasteiger partial charge on any atom is -0.436 e. The van der Waals surface area contributed by atoms with E-state index in [9.17, 15) is 4.79 Å². The largest absolute Gasteiger partial charge is 0.436 e. The van der Waals surface area contributed by atoms with E-state index < -0.39 is 0 Å². The standard InChI is InChI=1S/C19H19ClN4O3/c20-17-12-14(3-4-21-17)19-23-15-2-1-13(11-16(15)27-19)18(25)22-5-6-24-7-9-26-10-8-24/h1-4,11-12H,5-10H2,(H,22,25). The van der Waals surface area contributed by atoms with Crippen LogP contribution in [0.25, 0.3) is 22.6 Å². The molecule has 0 unspecified atom stereocenters. The number of rotatable bonds is 5. The molecule has 1 aliphatic heterocycles. The first-order valence-corrected chi connectivity index (χ1v) is 9.18. The van der Waals surface area contributed by atoms with E-state index in [0.29, 0.717) is 34.3 Å². The molecule has 140 valence electrons. The van der Waals surface area contributed by atoms with Crippen LogP contribution in [0.4, 0.5) is 0 Å². The van der Waals surface area contributed by atoms with Crippen LogP contribution >= 0.6 is 11.6 Å². The van der Waals surface area contributed by atoms with Gasteiger partial charge < -0.3 is 14.5 Å². The first-order chi connectivity index (χ1) is 13.2. The minimum absolute atomic E-state index is 0.130.